The van der Waals surface area contributed by atoms with Gasteiger partial charge in [-0.25, -0.2) is 4.31 Å². The number of carbonyl (C=O) groups is 2. The highest BCUT2D eigenvalue weighted by atomic mass is 35.5. The summed E-state index contributed by atoms with van der Waals surface area (Å²) >= 11 is 23.0. The summed E-state index contributed by atoms with van der Waals surface area (Å²) in [5.41, 5.74) is 0. The van der Waals surface area contributed by atoms with E-state index in [4.69, 9.17) is 51.1 Å². The molecule has 0 N–H and O–H groups in total. The van der Waals surface area contributed by atoms with Crippen LogP contribution >= 0.6 is 58.4 Å². The fourth-order valence-electron chi connectivity index (χ4n) is 0.745. The highest BCUT2D eigenvalue weighted by molar-refractivity contribution is 8.02. The van der Waals surface area contributed by atoms with Crippen molar-refractivity contribution in [2.75, 3.05) is 13.2 Å². The fourth-order valence-corrected chi connectivity index (χ4v) is 2.03. The number of halogens is 4. The van der Waals surface area contributed by atoms with E-state index in [1.54, 1.807) is 0 Å². The van der Waals surface area contributed by atoms with Crippen molar-refractivity contribution in [3.63, 3.8) is 0 Å². The van der Waals surface area contributed by atoms with Crippen LogP contribution in [0.15, 0.2) is 0 Å². The van der Waals surface area contributed by atoms with E-state index in [2.05, 4.69) is 0 Å². The van der Waals surface area contributed by atoms with Crippen LogP contribution in [0.4, 0.5) is 0 Å². The first-order chi connectivity index (χ1) is 6.84. The van der Waals surface area contributed by atoms with Crippen molar-refractivity contribution in [2.45, 2.75) is 8.50 Å². The number of ether oxygens (including phenoxy) is 1. The topological polar surface area (TPSA) is 46.6 Å². The van der Waals surface area contributed by atoms with Gasteiger partial charge in [-0.1, -0.05) is 23.2 Å². The van der Waals surface area contributed by atoms with Crippen LogP contribution in [0.5, 0.6) is 0 Å². The molecule has 1 rings (SSSR count). The third-order valence-corrected chi connectivity index (χ3v) is 4.65. The largest absolute Gasteiger partial charge is 0.362 e. The molecular weight excluding hydrogens is 308 g/mol. The quantitative estimate of drug-likeness (QED) is 0.454. The Labute approximate surface area is 110 Å². The number of alkyl halides is 4. The molecule has 0 radical (unpaired) electrons. The van der Waals surface area contributed by atoms with Gasteiger partial charge < -0.3 is 4.74 Å². The molecule has 1 fully saturated rings. The highest BCUT2D eigenvalue weighted by Gasteiger charge is 2.40. The summed E-state index contributed by atoms with van der Waals surface area (Å²) in [6, 6.07) is 0. The van der Waals surface area contributed by atoms with Crippen LogP contribution in [0.3, 0.4) is 0 Å². The van der Waals surface area contributed by atoms with Crippen LogP contribution in [-0.4, -0.2) is 37.8 Å². The summed E-state index contributed by atoms with van der Waals surface area (Å²) in [7, 11) is 0. The van der Waals surface area contributed by atoms with E-state index in [9.17, 15) is 9.59 Å². The molecule has 0 aromatic rings. The predicted molar refractivity (Wildman–Crippen MR) is 60.2 cm³/mol. The van der Waals surface area contributed by atoms with Crippen LogP contribution in [-0.2, 0) is 14.3 Å². The number of amides is 2. The second kappa shape index (κ2) is 5.29. The molecule has 0 spiro atoms. The maximum absolute atomic E-state index is 11.3. The van der Waals surface area contributed by atoms with E-state index >= 15 is 0 Å². The summed E-state index contributed by atoms with van der Waals surface area (Å²) in [5.74, 6) is -1.09. The Morgan fingerprint density at radius 3 is 2.13 bits per heavy atom. The molecule has 0 atom stereocenters. The van der Waals surface area contributed by atoms with Gasteiger partial charge in [-0.3, -0.25) is 9.59 Å². The lowest BCUT2D eigenvalue weighted by molar-refractivity contribution is -0.150. The zero-order valence-electron chi connectivity index (χ0n) is 7.08. The summed E-state index contributed by atoms with van der Waals surface area (Å²) in [4.78, 5) is 21.4. The smallest absolute Gasteiger partial charge is 0.265 e. The van der Waals surface area contributed by atoms with E-state index in [0.717, 1.165) is 4.31 Å². The van der Waals surface area contributed by atoms with Crippen LogP contribution in [0, 0.1) is 0 Å². The fraction of sp³-hybridized carbons (Fsp3) is 0.667. The van der Waals surface area contributed by atoms with Gasteiger partial charge in [-0.15, -0.1) is 23.2 Å². The lowest BCUT2D eigenvalue weighted by atomic mass is 10.5. The van der Waals surface area contributed by atoms with E-state index in [1.165, 1.54) is 0 Å². The van der Waals surface area contributed by atoms with Gasteiger partial charge in [-0.2, -0.15) is 0 Å². The Morgan fingerprint density at radius 2 is 1.73 bits per heavy atom. The number of imide groups is 1. The molecule has 0 aliphatic carbocycles. The standard InChI is InChI=1S/C6H5Cl4NO3S/c7-5(8)6(9,10)15-11-3(12)1-14-2-4(11)13/h5H,1-2H2. The van der Waals surface area contributed by atoms with Gasteiger partial charge in [0.2, 0.25) is 3.67 Å². The molecule has 1 aliphatic heterocycles. The van der Waals surface area contributed by atoms with Crippen molar-refractivity contribution in [3.8, 4) is 0 Å². The first-order valence-electron chi connectivity index (χ1n) is 3.63. The van der Waals surface area contributed by atoms with Crippen LogP contribution in [0.2, 0.25) is 0 Å². The number of hydrogen-bond donors (Lipinski definition) is 0. The molecule has 0 aromatic heterocycles. The molecular formula is C6H5Cl4NO3S. The lowest BCUT2D eigenvalue weighted by Crippen LogP contribution is -2.44. The summed E-state index contributed by atoms with van der Waals surface area (Å²) in [6.45, 7) is -0.393. The molecule has 1 saturated heterocycles. The van der Waals surface area contributed by atoms with E-state index < -0.39 is 20.3 Å². The molecule has 0 saturated carbocycles. The van der Waals surface area contributed by atoms with Crippen molar-refractivity contribution >= 4 is 70.2 Å². The van der Waals surface area contributed by atoms with Crippen LogP contribution < -0.4 is 0 Å². The normalized spacial score (nSPS) is 18.9. The monoisotopic (exact) mass is 311 g/mol. The third kappa shape index (κ3) is 3.54. The molecule has 0 aromatic carbocycles. The number of hydrogen-bond acceptors (Lipinski definition) is 4. The van der Waals surface area contributed by atoms with E-state index in [1.807, 2.05) is 0 Å². The van der Waals surface area contributed by atoms with E-state index in [-0.39, 0.29) is 13.2 Å². The second-order valence-electron chi connectivity index (χ2n) is 2.53. The number of carbonyl (C=O) groups excluding carboxylic acids is 2. The Kier molecular flexibility index (Phi) is 4.83. The highest BCUT2D eigenvalue weighted by Crippen LogP contribution is 2.44. The van der Waals surface area contributed by atoms with Crippen molar-refractivity contribution in [1.29, 1.82) is 0 Å². The lowest BCUT2D eigenvalue weighted by Gasteiger charge is -2.29. The first-order valence-corrected chi connectivity index (χ1v) is 6.03. The predicted octanol–water partition coefficient (Wildman–Crippen LogP) is 1.96. The van der Waals surface area contributed by atoms with Gasteiger partial charge in [0.15, 0.2) is 4.84 Å². The molecule has 0 unspecified atom stereocenters. The van der Waals surface area contributed by atoms with E-state index in [0.29, 0.717) is 11.9 Å². The minimum Gasteiger partial charge on any atom is -0.362 e. The van der Waals surface area contributed by atoms with Crippen molar-refractivity contribution in [2.24, 2.45) is 0 Å². The Balaban J connectivity index is 2.70. The van der Waals surface area contributed by atoms with Gasteiger partial charge in [0.25, 0.3) is 11.8 Å². The van der Waals surface area contributed by atoms with Gasteiger partial charge in [-0.05, 0) is 0 Å². The Hall–Kier alpha value is 0.610. The summed E-state index contributed by atoms with van der Waals surface area (Å²) < 4.78 is 3.84. The zero-order valence-corrected chi connectivity index (χ0v) is 10.9. The molecule has 1 heterocycles. The molecule has 9 heteroatoms. The van der Waals surface area contributed by atoms with Gasteiger partial charge in [0, 0.05) is 11.9 Å². The molecule has 86 valence electrons. The average molecular weight is 313 g/mol. The first kappa shape index (κ1) is 13.7. The van der Waals surface area contributed by atoms with Crippen LogP contribution in [0.25, 0.3) is 0 Å². The zero-order chi connectivity index (χ0) is 11.6. The minimum atomic E-state index is -1.66. The molecule has 0 bridgehead atoms. The molecule has 1 aliphatic rings. The second-order valence-corrected chi connectivity index (χ2v) is 6.65. The number of morpholine rings is 1. The molecule has 4 nitrogen and oxygen atoms in total. The molecule has 15 heavy (non-hydrogen) atoms. The van der Waals surface area contributed by atoms with Crippen molar-refractivity contribution < 1.29 is 14.3 Å². The maximum Gasteiger partial charge on any atom is 0.265 e. The minimum absolute atomic E-state index is 0.197. The summed E-state index contributed by atoms with van der Waals surface area (Å²) in [5, 5.41) is 0. The molecule has 2 amide bonds. The maximum atomic E-state index is 11.3. The number of nitrogens with zero attached hydrogens (tertiary/aromatic N) is 1. The Morgan fingerprint density at radius 1 is 1.27 bits per heavy atom. The third-order valence-electron chi connectivity index (χ3n) is 1.37. The van der Waals surface area contributed by atoms with Gasteiger partial charge in [0.1, 0.15) is 13.2 Å². The van der Waals surface area contributed by atoms with Crippen molar-refractivity contribution in [3.05, 3.63) is 0 Å². The SMILES string of the molecule is O=C1COCC(=O)N1SC(Cl)(Cl)C(Cl)Cl. The average Bonchev–Trinajstić information content (AvgIpc) is 2.11. The van der Waals surface area contributed by atoms with Crippen LogP contribution in [0.1, 0.15) is 0 Å². The summed E-state index contributed by atoms with van der Waals surface area (Å²) in [6.07, 6.45) is 0. The van der Waals surface area contributed by atoms with Gasteiger partial charge in [0.05, 0.1) is 0 Å². The van der Waals surface area contributed by atoms with Gasteiger partial charge >= 0.3 is 0 Å². The Bertz CT molecular complexity index is 270. The number of rotatable bonds is 3. The van der Waals surface area contributed by atoms with Crippen molar-refractivity contribution in [1.82, 2.24) is 4.31 Å².